The summed E-state index contributed by atoms with van der Waals surface area (Å²) >= 11 is 6.98. The van der Waals surface area contributed by atoms with E-state index in [1.54, 1.807) is 0 Å². The molecule has 0 aliphatic heterocycles. The molecule has 2 unspecified atom stereocenters. The lowest BCUT2D eigenvalue weighted by Crippen LogP contribution is -2.62. The number of hydrogen-bond donors (Lipinski definition) is 1. The van der Waals surface area contributed by atoms with Crippen molar-refractivity contribution in [3.8, 4) is 0 Å². The van der Waals surface area contributed by atoms with Crippen molar-refractivity contribution in [1.29, 1.82) is 0 Å². The van der Waals surface area contributed by atoms with Crippen LogP contribution < -0.4 is 5.32 Å². The Kier molecular flexibility index (Phi) is 3.35. The minimum absolute atomic E-state index is 0.0641. The maximum absolute atomic E-state index is 13.6. The first-order valence-corrected chi connectivity index (χ1v) is 11.7. The van der Waals surface area contributed by atoms with Gasteiger partial charge in [0.05, 0.1) is 5.41 Å². The molecule has 0 aromatic rings. The van der Waals surface area contributed by atoms with Gasteiger partial charge in [-0.2, -0.15) is 0 Å². The van der Waals surface area contributed by atoms with E-state index in [0.717, 1.165) is 49.9 Å². The Morgan fingerprint density at radius 1 is 0.846 bits per heavy atom. The number of amides is 1. The average Bonchev–Trinajstić information content (AvgIpc) is 2.51. The molecular formula is C23H34ClNO. The summed E-state index contributed by atoms with van der Waals surface area (Å²) in [6.07, 6.45) is 15.3. The van der Waals surface area contributed by atoms with Gasteiger partial charge in [0.15, 0.2) is 0 Å². The van der Waals surface area contributed by atoms with Crippen molar-refractivity contribution in [3.05, 3.63) is 0 Å². The van der Waals surface area contributed by atoms with Gasteiger partial charge in [0.2, 0.25) is 5.91 Å². The molecule has 1 amide bonds. The first-order chi connectivity index (χ1) is 12.4. The lowest BCUT2D eigenvalue weighted by molar-refractivity contribution is -0.148. The van der Waals surface area contributed by atoms with Crippen LogP contribution in [0.4, 0.5) is 0 Å². The molecule has 144 valence electrons. The third-order valence-corrected chi connectivity index (χ3v) is 10.3. The molecule has 0 aromatic heterocycles. The third-order valence-electron chi connectivity index (χ3n) is 9.82. The molecule has 8 aliphatic rings. The van der Waals surface area contributed by atoms with Gasteiger partial charge in [0.1, 0.15) is 0 Å². The fraction of sp³-hybridized carbons (Fsp3) is 0.957. The number of rotatable bonds is 3. The Bertz CT molecular complexity index is 593. The molecule has 8 aliphatic carbocycles. The van der Waals surface area contributed by atoms with E-state index in [4.69, 9.17) is 11.6 Å². The quantitative estimate of drug-likeness (QED) is 0.667. The van der Waals surface area contributed by atoms with E-state index in [9.17, 15) is 4.79 Å². The second-order valence-electron chi connectivity index (χ2n) is 11.9. The van der Waals surface area contributed by atoms with Gasteiger partial charge in [-0.05, 0) is 119 Å². The van der Waals surface area contributed by atoms with Crippen molar-refractivity contribution in [2.24, 2.45) is 40.4 Å². The molecule has 8 rings (SSSR count). The highest BCUT2D eigenvalue weighted by molar-refractivity contribution is 6.24. The Labute approximate surface area is 163 Å². The summed E-state index contributed by atoms with van der Waals surface area (Å²) in [6, 6.07) is 0.350. The van der Waals surface area contributed by atoms with E-state index in [2.05, 4.69) is 12.2 Å². The van der Waals surface area contributed by atoms with Crippen LogP contribution in [0, 0.1) is 40.4 Å². The Hall–Kier alpha value is -0.240. The minimum Gasteiger partial charge on any atom is -0.353 e. The molecule has 5 atom stereocenters. The molecule has 2 nitrogen and oxygen atoms in total. The van der Waals surface area contributed by atoms with Crippen molar-refractivity contribution in [2.45, 2.75) is 94.9 Å². The van der Waals surface area contributed by atoms with Gasteiger partial charge < -0.3 is 5.32 Å². The molecule has 1 N–H and O–H groups in total. The second kappa shape index (κ2) is 5.22. The molecule has 3 heteroatoms. The van der Waals surface area contributed by atoms with Crippen molar-refractivity contribution in [3.63, 3.8) is 0 Å². The number of carbonyl (C=O) groups excluding carboxylic acids is 1. The molecule has 0 radical (unpaired) electrons. The molecule has 26 heavy (non-hydrogen) atoms. The molecule has 8 fully saturated rings. The normalized spacial score (nSPS) is 57.4. The summed E-state index contributed by atoms with van der Waals surface area (Å²) < 4.78 is 0. The molecule has 0 spiro atoms. The second-order valence-corrected chi connectivity index (χ2v) is 12.7. The smallest absolute Gasteiger partial charge is 0.226 e. The van der Waals surface area contributed by atoms with Crippen LogP contribution in [0.3, 0.4) is 0 Å². The molecule has 8 bridgehead atoms. The van der Waals surface area contributed by atoms with E-state index >= 15 is 0 Å². The molecule has 0 saturated heterocycles. The minimum atomic E-state index is -0.137. The van der Waals surface area contributed by atoms with Crippen LogP contribution in [0.1, 0.15) is 84.0 Å². The maximum Gasteiger partial charge on any atom is 0.226 e. The predicted octanol–water partition coefficient (Wildman–Crippen LogP) is 5.29. The number of hydrogen-bond acceptors (Lipinski definition) is 1. The molecule has 0 aromatic carbocycles. The van der Waals surface area contributed by atoms with Crippen molar-refractivity contribution in [2.75, 3.05) is 0 Å². The highest BCUT2D eigenvalue weighted by atomic mass is 35.5. The lowest BCUT2D eigenvalue weighted by atomic mass is 9.47. The van der Waals surface area contributed by atoms with Gasteiger partial charge >= 0.3 is 0 Å². The van der Waals surface area contributed by atoms with E-state index in [1.807, 2.05) is 0 Å². The van der Waals surface area contributed by atoms with E-state index in [0.29, 0.717) is 29.2 Å². The number of halogens is 1. The van der Waals surface area contributed by atoms with Crippen LogP contribution in [0.5, 0.6) is 0 Å². The highest BCUT2D eigenvalue weighted by Gasteiger charge is 2.61. The monoisotopic (exact) mass is 375 g/mol. The maximum atomic E-state index is 13.6. The number of nitrogens with one attached hydrogen (secondary N) is 1. The summed E-state index contributed by atoms with van der Waals surface area (Å²) in [6.45, 7) is 2.34. The Balaban J connectivity index is 1.22. The van der Waals surface area contributed by atoms with Gasteiger partial charge in [-0.1, -0.05) is 0 Å². The Morgan fingerprint density at radius 2 is 1.35 bits per heavy atom. The van der Waals surface area contributed by atoms with Gasteiger partial charge in [0, 0.05) is 10.9 Å². The standard InChI is InChI=1S/C23H34ClNO/c1-14(21-6-15-2-16(7-21)4-17(3-15)8-21)25-20(26)22-9-18-5-19(10-22)12-23(24,11-18)13-22/h14-19H,2-13H2,1H3,(H,25,26)/t14-,15?,16?,17?,18-,19+,21?,22?,23?/m0/s1. The summed E-state index contributed by atoms with van der Waals surface area (Å²) in [4.78, 5) is 13.5. The van der Waals surface area contributed by atoms with Crippen LogP contribution in [0.15, 0.2) is 0 Å². The van der Waals surface area contributed by atoms with Gasteiger partial charge in [-0.25, -0.2) is 0 Å². The summed E-state index contributed by atoms with van der Waals surface area (Å²) in [5, 5.41) is 3.61. The first kappa shape index (κ1) is 16.7. The van der Waals surface area contributed by atoms with E-state index in [-0.39, 0.29) is 10.3 Å². The number of alkyl halides is 1. The molecule has 0 heterocycles. The highest BCUT2D eigenvalue weighted by Crippen LogP contribution is 2.65. The zero-order valence-corrected chi connectivity index (χ0v) is 17.0. The van der Waals surface area contributed by atoms with Gasteiger partial charge in [-0.3, -0.25) is 4.79 Å². The van der Waals surface area contributed by atoms with Crippen LogP contribution in [0.25, 0.3) is 0 Å². The predicted molar refractivity (Wildman–Crippen MR) is 104 cm³/mol. The van der Waals surface area contributed by atoms with Crippen LogP contribution in [-0.2, 0) is 4.79 Å². The summed E-state index contributed by atoms with van der Waals surface area (Å²) in [5.41, 5.74) is 0.272. The van der Waals surface area contributed by atoms with Crippen LogP contribution in [0.2, 0.25) is 0 Å². The van der Waals surface area contributed by atoms with Crippen LogP contribution >= 0.6 is 11.6 Å². The average molecular weight is 376 g/mol. The van der Waals surface area contributed by atoms with Crippen molar-refractivity contribution < 1.29 is 4.79 Å². The zero-order chi connectivity index (χ0) is 17.7. The van der Waals surface area contributed by atoms with Gasteiger partial charge in [-0.15, -0.1) is 11.6 Å². The van der Waals surface area contributed by atoms with Crippen LogP contribution in [-0.4, -0.2) is 16.8 Å². The van der Waals surface area contributed by atoms with Crippen molar-refractivity contribution in [1.82, 2.24) is 5.32 Å². The number of carbonyl (C=O) groups is 1. The fourth-order valence-electron chi connectivity index (χ4n) is 9.63. The van der Waals surface area contributed by atoms with Crippen molar-refractivity contribution >= 4 is 17.5 Å². The van der Waals surface area contributed by atoms with E-state index in [1.165, 1.54) is 44.9 Å². The van der Waals surface area contributed by atoms with Gasteiger partial charge in [0.25, 0.3) is 0 Å². The Morgan fingerprint density at radius 3 is 1.85 bits per heavy atom. The third kappa shape index (κ3) is 2.32. The SMILES string of the molecule is C[C@H](NC(=O)C12C[C@@H]3C[C@@H](CC(Cl)(C3)C1)C2)C12CC3CC(CC(C3)C1)C2. The largest absolute Gasteiger partial charge is 0.353 e. The summed E-state index contributed by atoms with van der Waals surface area (Å²) in [5.74, 6) is 4.63. The van der Waals surface area contributed by atoms with E-state index < -0.39 is 0 Å². The fourth-order valence-corrected chi connectivity index (χ4v) is 10.3. The molecular weight excluding hydrogens is 342 g/mol. The first-order valence-electron chi connectivity index (χ1n) is 11.4. The lowest BCUT2D eigenvalue weighted by Gasteiger charge is -2.61. The summed E-state index contributed by atoms with van der Waals surface area (Å²) in [7, 11) is 0. The topological polar surface area (TPSA) is 29.1 Å². The molecule has 8 saturated carbocycles. The zero-order valence-electron chi connectivity index (χ0n) is 16.2.